The molecule has 0 unspecified atom stereocenters. The first-order valence-corrected chi connectivity index (χ1v) is 9.60. The smallest absolute Gasteiger partial charge is 0.416 e. The van der Waals surface area contributed by atoms with Gasteiger partial charge in [0.1, 0.15) is 0 Å². The highest BCUT2D eigenvalue weighted by Gasteiger charge is 2.30. The van der Waals surface area contributed by atoms with E-state index in [-0.39, 0.29) is 0 Å². The second kappa shape index (κ2) is 10.8. The molecule has 9 heteroatoms. The molecule has 0 fully saturated rings. The van der Waals surface area contributed by atoms with Crippen LogP contribution in [0.4, 0.5) is 13.2 Å². The first-order chi connectivity index (χ1) is 14.7. The summed E-state index contributed by atoms with van der Waals surface area (Å²) < 4.78 is 54.4. The highest BCUT2D eigenvalue weighted by atomic mass is 19.4. The Bertz CT molecular complexity index is 884. The molecule has 0 amide bonds. The summed E-state index contributed by atoms with van der Waals surface area (Å²) in [7, 11) is 8.17. The Hall–Kier alpha value is -3.10. The van der Waals surface area contributed by atoms with E-state index in [0.717, 1.165) is 23.3 Å². The fraction of sp³-hybridized carbons (Fsp3) is 0.409. The molecule has 0 saturated heterocycles. The topological polar surface area (TPSA) is 55.3 Å². The van der Waals surface area contributed by atoms with Gasteiger partial charge in [-0.2, -0.15) is 13.2 Å². The summed E-state index contributed by atoms with van der Waals surface area (Å²) in [4.78, 5) is 6.09. The molecule has 0 spiro atoms. The number of hydrogen-bond donors (Lipinski definition) is 1. The Labute approximate surface area is 180 Å². The Balaban J connectivity index is 1.99. The number of aliphatic imine (C=N–C) groups is 1. The van der Waals surface area contributed by atoms with Crippen LogP contribution in [0.1, 0.15) is 16.7 Å². The molecule has 31 heavy (non-hydrogen) atoms. The van der Waals surface area contributed by atoms with Gasteiger partial charge in [0.2, 0.25) is 5.75 Å². The SMILES string of the molecule is CN=C(NCCc1ccc(OC)c(OC)c1OC)N(C)Cc1ccc(C(F)(F)F)cc1. The summed E-state index contributed by atoms with van der Waals surface area (Å²) in [6.07, 6.45) is -3.70. The first-order valence-electron chi connectivity index (χ1n) is 9.60. The van der Waals surface area contributed by atoms with Crippen LogP contribution in [0.15, 0.2) is 41.4 Å². The summed E-state index contributed by atoms with van der Waals surface area (Å²) in [6.45, 7) is 0.980. The molecule has 0 aliphatic carbocycles. The molecule has 0 aliphatic heterocycles. The monoisotopic (exact) mass is 439 g/mol. The normalized spacial score (nSPS) is 11.8. The lowest BCUT2D eigenvalue weighted by molar-refractivity contribution is -0.137. The Morgan fingerprint density at radius 3 is 2.13 bits per heavy atom. The van der Waals surface area contributed by atoms with Crippen molar-refractivity contribution >= 4 is 5.96 Å². The largest absolute Gasteiger partial charge is 0.493 e. The summed E-state index contributed by atoms with van der Waals surface area (Å²) in [6, 6.07) is 8.85. The van der Waals surface area contributed by atoms with Crippen LogP contribution in [0.3, 0.4) is 0 Å². The first kappa shape index (κ1) is 24.2. The van der Waals surface area contributed by atoms with Gasteiger partial charge in [0.25, 0.3) is 0 Å². The van der Waals surface area contributed by atoms with E-state index in [1.165, 1.54) is 12.1 Å². The van der Waals surface area contributed by atoms with Gasteiger partial charge >= 0.3 is 6.18 Å². The van der Waals surface area contributed by atoms with E-state index in [9.17, 15) is 13.2 Å². The van der Waals surface area contributed by atoms with Crippen molar-refractivity contribution in [3.63, 3.8) is 0 Å². The molecule has 1 N–H and O–H groups in total. The predicted molar refractivity (Wildman–Crippen MR) is 114 cm³/mol. The number of guanidine groups is 1. The maximum Gasteiger partial charge on any atom is 0.416 e. The van der Waals surface area contributed by atoms with Crippen LogP contribution in [-0.2, 0) is 19.1 Å². The average molecular weight is 439 g/mol. The number of ether oxygens (including phenoxy) is 3. The predicted octanol–water partition coefficient (Wildman–Crippen LogP) is 3.98. The summed E-state index contributed by atoms with van der Waals surface area (Å²) in [5, 5.41) is 3.26. The zero-order valence-electron chi connectivity index (χ0n) is 18.3. The lowest BCUT2D eigenvalue weighted by Gasteiger charge is -2.23. The Morgan fingerprint density at radius 1 is 0.968 bits per heavy atom. The lowest BCUT2D eigenvalue weighted by Crippen LogP contribution is -2.39. The number of nitrogens with one attached hydrogen (secondary N) is 1. The van der Waals surface area contributed by atoms with Crippen molar-refractivity contribution < 1.29 is 27.4 Å². The molecule has 2 aromatic rings. The second-order valence-electron chi connectivity index (χ2n) is 6.77. The molecule has 0 radical (unpaired) electrons. The van der Waals surface area contributed by atoms with E-state index in [0.29, 0.717) is 42.7 Å². The van der Waals surface area contributed by atoms with E-state index in [4.69, 9.17) is 14.2 Å². The van der Waals surface area contributed by atoms with Gasteiger partial charge in [0.15, 0.2) is 17.5 Å². The summed E-state index contributed by atoms with van der Waals surface area (Å²) in [5.41, 5.74) is 1.03. The Morgan fingerprint density at radius 2 is 1.61 bits per heavy atom. The van der Waals surface area contributed by atoms with Gasteiger partial charge < -0.3 is 24.4 Å². The van der Waals surface area contributed by atoms with Crippen LogP contribution in [0.25, 0.3) is 0 Å². The van der Waals surface area contributed by atoms with Crippen LogP contribution in [-0.4, -0.2) is 52.8 Å². The maximum atomic E-state index is 12.7. The molecular formula is C22H28F3N3O3. The molecule has 0 aliphatic rings. The fourth-order valence-electron chi connectivity index (χ4n) is 3.20. The summed E-state index contributed by atoms with van der Waals surface area (Å²) >= 11 is 0. The van der Waals surface area contributed by atoms with Crippen LogP contribution >= 0.6 is 0 Å². The molecule has 0 heterocycles. The zero-order valence-corrected chi connectivity index (χ0v) is 18.3. The molecular weight excluding hydrogens is 411 g/mol. The highest BCUT2D eigenvalue weighted by molar-refractivity contribution is 5.79. The van der Waals surface area contributed by atoms with E-state index < -0.39 is 11.7 Å². The lowest BCUT2D eigenvalue weighted by atomic mass is 10.1. The standard InChI is InChI=1S/C22H28F3N3O3/c1-26-21(28(2)14-15-6-9-17(10-7-15)22(23,24)25)27-13-12-16-8-11-18(29-3)20(31-5)19(16)30-4/h6-11H,12-14H2,1-5H3,(H,26,27). The van der Waals surface area contributed by atoms with Crippen molar-refractivity contribution in [2.45, 2.75) is 19.1 Å². The van der Waals surface area contributed by atoms with E-state index in [2.05, 4.69) is 10.3 Å². The second-order valence-corrected chi connectivity index (χ2v) is 6.77. The number of methoxy groups -OCH3 is 3. The van der Waals surface area contributed by atoms with E-state index in [1.807, 2.05) is 24.1 Å². The minimum absolute atomic E-state index is 0.414. The minimum Gasteiger partial charge on any atom is -0.493 e. The van der Waals surface area contributed by atoms with Gasteiger partial charge in [-0.15, -0.1) is 0 Å². The van der Waals surface area contributed by atoms with Crippen molar-refractivity contribution in [2.75, 3.05) is 42.0 Å². The van der Waals surface area contributed by atoms with Crippen LogP contribution in [0.2, 0.25) is 0 Å². The van der Waals surface area contributed by atoms with Crippen molar-refractivity contribution in [2.24, 2.45) is 4.99 Å². The van der Waals surface area contributed by atoms with Gasteiger partial charge in [-0.1, -0.05) is 18.2 Å². The quantitative estimate of drug-likeness (QED) is 0.498. The van der Waals surface area contributed by atoms with E-state index >= 15 is 0 Å². The van der Waals surface area contributed by atoms with Crippen LogP contribution in [0, 0.1) is 0 Å². The number of rotatable bonds is 8. The van der Waals surface area contributed by atoms with Gasteiger partial charge in [0.05, 0.1) is 26.9 Å². The Kier molecular flexibility index (Phi) is 8.41. The van der Waals surface area contributed by atoms with Crippen molar-refractivity contribution in [3.05, 3.63) is 53.1 Å². The molecule has 0 bridgehead atoms. The molecule has 6 nitrogen and oxygen atoms in total. The molecule has 170 valence electrons. The number of halogens is 3. The number of nitrogens with zero attached hydrogens (tertiary/aromatic N) is 2. The molecule has 0 aromatic heterocycles. The number of hydrogen-bond acceptors (Lipinski definition) is 4. The van der Waals surface area contributed by atoms with Crippen LogP contribution < -0.4 is 19.5 Å². The van der Waals surface area contributed by atoms with Crippen molar-refractivity contribution in [3.8, 4) is 17.2 Å². The van der Waals surface area contributed by atoms with Gasteiger partial charge in [-0.05, 0) is 30.2 Å². The van der Waals surface area contributed by atoms with Gasteiger partial charge in [-0.3, -0.25) is 4.99 Å². The molecule has 0 saturated carbocycles. The van der Waals surface area contributed by atoms with Gasteiger partial charge in [0, 0.05) is 32.7 Å². The molecule has 0 atom stereocenters. The molecule has 2 rings (SSSR count). The van der Waals surface area contributed by atoms with E-state index in [1.54, 1.807) is 28.4 Å². The van der Waals surface area contributed by atoms with Gasteiger partial charge in [-0.25, -0.2) is 0 Å². The third-order valence-corrected chi connectivity index (χ3v) is 4.74. The molecule has 2 aromatic carbocycles. The zero-order chi connectivity index (χ0) is 23.0. The van der Waals surface area contributed by atoms with Crippen LogP contribution in [0.5, 0.6) is 17.2 Å². The average Bonchev–Trinajstić information content (AvgIpc) is 2.75. The number of alkyl halides is 3. The fourth-order valence-corrected chi connectivity index (χ4v) is 3.20. The highest BCUT2D eigenvalue weighted by Crippen LogP contribution is 2.39. The summed E-state index contributed by atoms with van der Waals surface area (Å²) in [5.74, 6) is 2.35. The van der Waals surface area contributed by atoms with Crippen molar-refractivity contribution in [1.29, 1.82) is 0 Å². The third-order valence-electron chi connectivity index (χ3n) is 4.74. The maximum absolute atomic E-state index is 12.7. The third kappa shape index (κ3) is 6.19. The number of benzene rings is 2. The van der Waals surface area contributed by atoms with Crippen molar-refractivity contribution in [1.82, 2.24) is 10.2 Å². The minimum atomic E-state index is -4.34.